The first-order chi connectivity index (χ1) is 3.56. The molecule has 0 saturated heterocycles. The highest BCUT2D eigenvalue weighted by atomic mass is 127. The van der Waals surface area contributed by atoms with Crippen molar-refractivity contribution in [3.8, 4) is 0 Å². The van der Waals surface area contributed by atoms with Gasteiger partial charge in [-0.1, -0.05) is 36.4 Å². The van der Waals surface area contributed by atoms with Crippen molar-refractivity contribution in [3.05, 3.63) is 0 Å². The number of alkyl halides is 2. The summed E-state index contributed by atoms with van der Waals surface area (Å²) in [5, 5.41) is 0. The van der Waals surface area contributed by atoms with Crippen LogP contribution in [0.2, 0.25) is 0 Å². The SMILES string of the molecule is CC(C)(I)CCCCl. The summed E-state index contributed by atoms with van der Waals surface area (Å²) in [5.41, 5.74) is 0. The van der Waals surface area contributed by atoms with Gasteiger partial charge >= 0.3 is 0 Å². The van der Waals surface area contributed by atoms with Crippen molar-refractivity contribution in [1.29, 1.82) is 0 Å². The highest BCUT2D eigenvalue weighted by Crippen LogP contribution is 2.22. The molecular weight excluding hydrogens is 234 g/mol. The van der Waals surface area contributed by atoms with Gasteiger partial charge in [0.25, 0.3) is 0 Å². The minimum Gasteiger partial charge on any atom is -0.127 e. The van der Waals surface area contributed by atoms with Crippen molar-refractivity contribution in [3.63, 3.8) is 0 Å². The van der Waals surface area contributed by atoms with Crippen LogP contribution in [0, 0.1) is 0 Å². The molecule has 0 bridgehead atoms. The molecule has 0 aromatic heterocycles. The fraction of sp³-hybridized carbons (Fsp3) is 1.00. The van der Waals surface area contributed by atoms with Crippen LogP contribution in [0.15, 0.2) is 0 Å². The maximum Gasteiger partial charge on any atom is 0.0223 e. The first-order valence-electron chi connectivity index (χ1n) is 2.81. The second kappa shape index (κ2) is 3.94. The van der Waals surface area contributed by atoms with Crippen LogP contribution in [0.5, 0.6) is 0 Å². The lowest BCUT2D eigenvalue weighted by atomic mass is 10.1. The highest BCUT2D eigenvalue weighted by Gasteiger charge is 2.10. The molecule has 0 fully saturated rings. The molecule has 0 aliphatic heterocycles. The molecule has 0 amide bonds. The van der Waals surface area contributed by atoms with Crippen LogP contribution in [-0.2, 0) is 0 Å². The van der Waals surface area contributed by atoms with Crippen LogP contribution in [0.25, 0.3) is 0 Å². The Hall–Kier alpha value is 1.02. The molecule has 0 saturated carbocycles. The largest absolute Gasteiger partial charge is 0.127 e. The van der Waals surface area contributed by atoms with Gasteiger partial charge in [0.2, 0.25) is 0 Å². The molecule has 8 heavy (non-hydrogen) atoms. The first-order valence-corrected chi connectivity index (χ1v) is 4.42. The molecule has 0 aromatic carbocycles. The molecular formula is C6H12ClI. The maximum atomic E-state index is 5.50. The first kappa shape index (κ1) is 9.02. The lowest BCUT2D eigenvalue weighted by Crippen LogP contribution is -2.08. The van der Waals surface area contributed by atoms with E-state index in [1.54, 1.807) is 0 Å². The summed E-state index contributed by atoms with van der Waals surface area (Å²) < 4.78 is 0.437. The molecule has 0 aromatic rings. The summed E-state index contributed by atoms with van der Waals surface area (Å²) in [7, 11) is 0. The molecule has 0 heterocycles. The molecule has 0 unspecified atom stereocenters. The molecule has 0 atom stereocenters. The third-order valence-electron chi connectivity index (χ3n) is 0.905. The summed E-state index contributed by atoms with van der Waals surface area (Å²) in [6, 6.07) is 0. The second-order valence-corrected chi connectivity index (χ2v) is 5.81. The maximum absolute atomic E-state index is 5.50. The average molecular weight is 247 g/mol. The Balaban J connectivity index is 3.11. The molecule has 0 nitrogen and oxygen atoms in total. The van der Waals surface area contributed by atoms with E-state index in [2.05, 4.69) is 36.4 Å². The summed E-state index contributed by atoms with van der Waals surface area (Å²) in [5.74, 6) is 0.798. The smallest absolute Gasteiger partial charge is 0.0223 e. The Morgan fingerprint density at radius 3 is 2.12 bits per heavy atom. The Kier molecular flexibility index (Phi) is 4.44. The summed E-state index contributed by atoms with van der Waals surface area (Å²) in [6.45, 7) is 4.44. The van der Waals surface area contributed by atoms with E-state index >= 15 is 0 Å². The topological polar surface area (TPSA) is 0 Å². The van der Waals surface area contributed by atoms with Gasteiger partial charge in [0, 0.05) is 9.30 Å². The molecule has 0 rings (SSSR count). The normalized spacial score (nSPS) is 12.0. The van der Waals surface area contributed by atoms with Gasteiger partial charge in [0.1, 0.15) is 0 Å². The third-order valence-corrected chi connectivity index (χ3v) is 1.71. The van der Waals surface area contributed by atoms with Gasteiger partial charge in [-0.15, -0.1) is 11.6 Å². The predicted molar refractivity (Wildman–Crippen MR) is 48.1 cm³/mol. The van der Waals surface area contributed by atoms with Crippen LogP contribution in [0.4, 0.5) is 0 Å². The van der Waals surface area contributed by atoms with Gasteiger partial charge in [0.15, 0.2) is 0 Å². The second-order valence-electron chi connectivity index (χ2n) is 2.51. The highest BCUT2D eigenvalue weighted by molar-refractivity contribution is 14.1. The monoisotopic (exact) mass is 246 g/mol. The van der Waals surface area contributed by atoms with Crippen LogP contribution >= 0.6 is 34.2 Å². The van der Waals surface area contributed by atoms with Crippen LogP contribution < -0.4 is 0 Å². The fourth-order valence-electron chi connectivity index (χ4n) is 0.487. The number of rotatable bonds is 3. The van der Waals surface area contributed by atoms with E-state index < -0.39 is 0 Å². The molecule has 50 valence electrons. The molecule has 0 N–H and O–H groups in total. The van der Waals surface area contributed by atoms with Crippen molar-refractivity contribution >= 4 is 34.2 Å². The average Bonchev–Trinajstić information content (AvgIpc) is 1.59. The Labute approximate surface area is 70.1 Å². The van der Waals surface area contributed by atoms with E-state index in [0.717, 1.165) is 12.3 Å². The molecule has 0 aliphatic rings. The van der Waals surface area contributed by atoms with Gasteiger partial charge in [-0.2, -0.15) is 0 Å². The zero-order valence-corrected chi connectivity index (χ0v) is 8.29. The van der Waals surface area contributed by atoms with Gasteiger partial charge in [0.05, 0.1) is 0 Å². The van der Waals surface area contributed by atoms with E-state index in [4.69, 9.17) is 11.6 Å². The summed E-state index contributed by atoms with van der Waals surface area (Å²) in [4.78, 5) is 0. The predicted octanol–water partition coefficient (Wildman–Crippen LogP) is 3.22. The summed E-state index contributed by atoms with van der Waals surface area (Å²) in [6.07, 6.45) is 2.36. The lowest BCUT2D eigenvalue weighted by molar-refractivity contribution is 0.657. The molecule has 2 heteroatoms. The fourth-order valence-corrected chi connectivity index (χ4v) is 1.00. The Morgan fingerprint density at radius 1 is 1.50 bits per heavy atom. The quantitative estimate of drug-likeness (QED) is 0.530. The lowest BCUT2D eigenvalue weighted by Gasteiger charge is -2.13. The van der Waals surface area contributed by atoms with Crippen LogP contribution in [0.3, 0.4) is 0 Å². The summed E-state index contributed by atoms with van der Waals surface area (Å²) >= 11 is 7.95. The van der Waals surface area contributed by atoms with Crippen LogP contribution in [-0.4, -0.2) is 9.30 Å². The van der Waals surface area contributed by atoms with E-state index in [1.807, 2.05) is 0 Å². The molecule has 0 radical (unpaired) electrons. The van der Waals surface area contributed by atoms with Gasteiger partial charge in [-0.25, -0.2) is 0 Å². The molecule has 0 aliphatic carbocycles. The minimum absolute atomic E-state index is 0.437. The molecule has 0 spiro atoms. The van der Waals surface area contributed by atoms with Crippen molar-refractivity contribution in [2.24, 2.45) is 0 Å². The number of hydrogen-bond acceptors (Lipinski definition) is 0. The van der Waals surface area contributed by atoms with Gasteiger partial charge < -0.3 is 0 Å². The van der Waals surface area contributed by atoms with Crippen molar-refractivity contribution in [2.75, 3.05) is 5.88 Å². The van der Waals surface area contributed by atoms with Gasteiger partial charge in [-0.05, 0) is 12.8 Å². The third kappa shape index (κ3) is 7.02. The van der Waals surface area contributed by atoms with Crippen molar-refractivity contribution in [2.45, 2.75) is 30.1 Å². The Morgan fingerprint density at radius 2 is 2.00 bits per heavy atom. The van der Waals surface area contributed by atoms with Crippen LogP contribution in [0.1, 0.15) is 26.7 Å². The van der Waals surface area contributed by atoms with E-state index in [0.29, 0.717) is 3.42 Å². The zero-order valence-electron chi connectivity index (χ0n) is 5.38. The van der Waals surface area contributed by atoms with E-state index in [-0.39, 0.29) is 0 Å². The minimum atomic E-state index is 0.437. The van der Waals surface area contributed by atoms with Crippen molar-refractivity contribution in [1.82, 2.24) is 0 Å². The Bertz CT molecular complexity index is 56.0. The zero-order chi connectivity index (χ0) is 6.62. The van der Waals surface area contributed by atoms with Gasteiger partial charge in [-0.3, -0.25) is 0 Å². The van der Waals surface area contributed by atoms with E-state index in [1.165, 1.54) is 6.42 Å². The van der Waals surface area contributed by atoms with Crippen molar-refractivity contribution < 1.29 is 0 Å². The van der Waals surface area contributed by atoms with E-state index in [9.17, 15) is 0 Å². The number of halogens is 2. The number of hydrogen-bond donors (Lipinski definition) is 0. The standard InChI is InChI=1S/C6H12ClI/c1-6(2,8)4-3-5-7/h3-5H2,1-2H3.